The number of nitrogens with two attached hydrogens (primary N) is 1. The van der Waals surface area contributed by atoms with E-state index in [1.807, 2.05) is 54.6 Å². The molecule has 0 radical (unpaired) electrons. The van der Waals surface area contributed by atoms with E-state index in [1.165, 1.54) is 6.07 Å². The van der Waals surface area contributed by atoms with E-state index in [4.69, 9.17) is 34.2 Å². The Bertz CT molecular complexity index is 2390. The first-order chi connectivity index (χ1) is 26.3. The van der Waals surface area contributed by atoms with Crippen LogP contribution in [0.2, 0.25) is 0 Å². The summed E-state index contributed by atoms with van der Waals surface area (Å²) >= 11 is 0. The molecule has 1 aliphatic rings. The smallest absolute Gasteiger partial charge is 0.274 e. The molecule has 2 N–H and O–H groups in total. The molecule has 2 aromatic heterocycles. The van der Waals surface area contributed by atoms with Gasteiger partial charge in [-0.05, 0) is 66.8 Å². The zero-order chi connectivity index (χ0) is 38.0. The van der Waals surface area contributed by atoms with Crippen molar-refractivity contribution in [3.63, 3.8) is 0 Å². The molecule has 0 spiro atoms. The number of nitrogens with zero attached hydrogens (tertiary/aromatic N) is 4. The highest BCUT2D eigenvalue weighted by Gasteiger charge is 2.15. The molecule has 274 valence electrons. The fourth-order valence-electron chi connectivity index (χ4n) is 5.58. The van der Waals surface area contributed by atoms with Gasteiger partial charge in [0.15, 0.2) is 23.0 Å². The van der Waals surface area contributed by atoms with Gasteiger partial charge in [-0.1, -0.05) is 18.2 Å². The minimum Gasteiger partial charge on any atom is -0.493 e. The third-order valence-electron chi connectivity index (χ3n) is 8.34. The molecular weight excluding hydrogens is 690 g/mol. The number of nitro benzene ring substituents is 1. The van der Waals surface area contributed by atoms with Gasteiger partial charge < -0.3 is 34.2 Å². The second-order valence-corrected chi connectivity index (χ2v) is 11.7. The van der Waals surface area contributed by atoms with E-state index in [1.54, 1.807) is 83.3 Å². The van der Waals surface area contributed by atoms with E-state index in [0.717, 1.165) is 27.5 Å². The highest BCUT2D eigenvalue weighted by molar-refractivity contribution is 5.97. The SMILES string of the molecule is COc1cc2nccc(OC3=CCC(=NCc4ccccc4[N+](=O)[O-])C=C3)c2cc1OC.COc1cc2nccc(Oc3ccc(N)cc3)c2cc1OC. The normalized spacial score (nSPS) is 12.7. The van der Waals surface area contributed by atoms with Gasteiger partial charge in [0.05, 0.1) is 56.5 Å². The third kappa shape index (κ3) is 8.48. The molecule has 0 unspecified atom stereocenters. The minimum atomic E-state index is -0.387. The Hall–Kier alpha value is -7.15. The van der Waals surface area contributed by atoms with Crippen molar-refractivity contribution in [1.29, 1.82) is 0 Å². The van der Waals surface area contributed by atoms with Crippen molar-refractivity contribution >= 4 is 38.9 Å². The number of ether oxygens (including phenoxy) is 6. The summed E-state index contributed by atoms with van der Waals surface area (Å²) in [6.07, 6.45) is 9.54. The fraction of sp³-hybridized carbons (Fsp3) is 0.146. The lowest BCUT2D eigenvalue weighted by Crippen LogP contribution is -2.04. The van der Waals surface area contributed by atoms with Gasteiger partial charge in [0.2, 0.25) is 0 Å². The van der Waals surface area contributed by atoms with Crippen LogP contribution in [0.4, 0.5) is 11.4 Å². The van der Waals surface area contributed by atoms with Crippen LogP contribution in [0.3, 0.4) is 0 Å². The summed E-state index contributed by atoms with van der Waals surface area (Å²) in [6, 6.07) is 24.8. The van der Waals surface area contributed by atoms with E-state index in [-0.39, 0.29) is 17.2 Å². The molecule has 4 aromatic carbocycles. The van der Waals surface area contributed by atoms with Crippen molar-refractivity contribution in [3.8, 4) is 40.2 Å². The highest BCUT2D eigenvalue weighted by atomic mass is 16.6. The van der Waals surface area contributed by atoms with Crippen LogP contribution in [-0.4, -0.2) is 49.0 Å². The maximum absolute atomic E-state index is 11.2. The lowest BCUT2D eigenvalue weighted by Gasteiger charge is -2.14. The Balaban J connectivity index is 0.000000197. The van der Waals surface area contributed by atoms with Crippen molar-refractivity contribution in [1.82, 2.24) is 9.97 Å². The summed E-state index contributed by atoms with van der Waals surface area (Å²) in [4.78, 5) is 24.0. The fourth-order valence-corrected chi connectivity index (χ4v) is 5.58. The van der Waals surface area contributed by atoms with E-state index in [0.29, 0.717) is 63.7 Å². The van der Waals surface area contributed by atoms with Gasteiger partial charge in [0.25, 0.3) is 5.69 Å². The molecule has 0 bridgehead atoms. The molecule has 2 heterocycles. The second kappa shape index (κ2) is 16.9. The molecule has 0 saturated carbocycles. The maximum atomic E-state index is 11.2. The number of allylic oxidation sites excluding steroid dienone is 3. The first-order valence-electron chi connectivity index (χ1n) is 16.7. The van der Waals surface area contributed by atoms with Crippen LogP contribution in [0.25, 0.3) is 21.8 Å². The molecule has 0 atom stereocenters. The first kappa shape index (κ1) is 36.6. The molecule has 13 heteroatoms. The average molecular weight is 728 g/mol. The maximum Gasteiger partial charge on any atom is 0.274 e. The van der Waals surface area contributed by atoms with Crippen molar-refractivity contribution in [2.75, 3.05) is 34.2 Å². The molecule has 0 fully saturated rings. The zero-order valence-electron chi connectivity index (χ0n) is 30.0. The number of anilines is 1. The number of hydrogen-bond donors (Lipinski definition) is 1. The number of aliphatic imine (C=N–C) groups is 1. The number of methoxy groups -OCH3 is 4. The number of hydrogen-bond acceptors (Lipinski definition) is 12. The monoisotopic (exact) mass is 727 g/mol. The quantitative estimate of drug-likeness (QED) is 0.0772. The van der Waals surface area contributed by atoms with E-state index < -0.39 is 0 Å². The Morgan fingerprint density at radius 3 is 1.80 bits per heavy atom. The minimum absolute atomic E-state index is 0.0767. The van der Waals surface area contributed by atoms with Crippen LogP contribution in [0, 0.1) is 10.1 Å². The number of nitrogen functional groups attached to an aromatic ring is 1. The summed E-state index contributed by atoms with van der Waals surface area (Å²) in [5.74, 6) is 5.17. The van der Waals surface area contributed by atoms with Gasteiger partial charge in [-0.15, -0.1) is 0 Å². The van der Waals surface area contributed by atoms with Gasteiger partial charge in [-0.3, -0.25) is 25.1 Å². The number of para-hydroxylation sites is 1. The number of fused-ring (bicyclic) bond motifs is 2. The lowest BCUT2D eigenvalue weighted by atomic mass is 10.1. The molecule has 1 aliphatic carbocycles. The number of nitro groups is 1. The molecule has 7 rings (SSSR count). The van der Waals surface area contributed by atoms with Gasteiger partial charge in [0, 0.05) is 59.2 Å². The number of pyridine rings is 2. The van der Waals surface area contributed by atoms with Crippen LogP contribution in [-0.2, 0) is 6.54 Å². The van der Waals surface area contributed by atoms with Crippen molar-refractivity contribution in [2.45, 2.75) is 13.0 Å². The Kier molecular flexibility index (Phi) is 11.5. The van der Waals surface area contributed by atoms with Crippen LogP contribution < -0.4 is 34.2 Å². The molecule has 0 amide bonds. The highest BCUT2D eigenvalue weighted by Crippen LogP contribution is 2.38. The van der Waals surface area contributed by atoms with Crippen LogP contribution >= 0.6 is 0 Å². The number of aromatic nitrogens is 2. The Labute approximate surface area is 311 Å². The number of rotatable bonds is 11. The zero-order valence-corrected chi connectivity index (χ0v) is 30.0. The molecule has 0 saturated heterocycles. The third-order valence-corrected chi connectivity index (χ3v) is 8.34. The molecule has 13 nitrogen and oxygen atoms in total. The largest absolute Gasteiger partial charge is 0.493 e. The number of benzene rings is 4. The second-order valence-electron chi connectivity index (χ2n) is 11.7. The van der Waals surface area contributed by atoms with Crippen LogP contribution in [0.1, 0.15) is 12.0 Å². The van der Waals surface area contributed by atoms with Crippen molar-refractivity contribution in [2.24, 2.45) is 4.99 Å². The molecular formula is C41H37N5O8. The predicted octanol–water partition coefficient (Wildman–Crippen LogP) is 8.65. The van der Waals surface area contributed by atoms with Gasteiger partial charge in [-0.2, -0.15) is 0 Å². The van der Waals surface area contributed by atoms with Crippen molar-refractivity contribution in [3.05, 3.63) is 137 Å². The molecule has 54 heavy (non-hydrogen) atoms. The topological polar surface area (TPSA) is 163 Å². The van der Waals surface area contributed by atoms with Gasteiger partial charge in [-0.25, -0.2) is 0 Å². The predicted molar refractivity (Wildman–Crippen MR) is 207 cm³/mol. The Morgan fingerprint density at radius 1 is 0.704 bits per heavy atom. The Morgan fingerprint density at radius 2 is 1.26 bits per heavy atom. The standard InChI is InChI=1S/C24H21N3O5.C17H16N2O3/c1-30-23-13-19-20(14-24(23)31-2)25-12-11-22(19)32-18-9-7-17(8-10-18)26-15-16-5-3-4-6-21(16)27(28)29;1-20-16-9-13-14(10-17(16)21-2)19-8-7-15(13)22-12-5-3-11(18)4-6-12/h3-7,9-14H,8,15H2,1-2H3;3-10H,18H2,1-2H3. The van der Waals surface area contributed by atoms with Crippen LogP contribution in [0.5, 0.6) is 40.2 Å². The van der Waals surface area contributed by atoms with Gasteiger partial charge >= 0.3 is 0 Å². The van der Waals surface area contributed by atoms with E-state index in [9.17, 15) is 10.1 Å². The lowest BCUT2D eigenvalue weighted by molar-refractivity contribution is -0.385. The molecule has 0 aliphatic heterocycles. The molecule has 6 aromatic rings. The average Bonchev–Trinajstić information content (AvgIpc) is 3.21. The first-order valence-corrected chi connectivity index (χ1v) is 16.7. The van der Waals surface area contributed by atoms with Crippen molar-refractivity contribution < 1.29 is 33.3 Å². The summed E-state index contributed by atoms with van der Waals surface area (Å²) in [5.41, 5.74) is 9.35. The summed E-state index contributed by atoms with van der Waals surface area (Å²) in [7, 11) is 6.35. The van der Waals surface area contributed by atoms with Gasteiger partial charge in [0.1, 0.15) is 23.0 Å². The van der Waals surface area contributed by atoms with Crippen LogP contribution in [0.15, 0.2) is 126 Å². The summed E-state index contributed by atoms with van der Waals surface area (Å²) in [6.45, 7) is 0.247. The van der Waals surface area contributed by atoms with E-state index >= 15 is 0 Å². The summed E-state index contributed by atoms with van der Waals surface area (Å²) < 4.78 is 33.4. The summed E-state index contributed by atoms with van der Waals surface area (Å²) in [5, 5.41) is 12.8. The van der Waals surface area contributed by atoms with E-state index in [2.05, 4.69) is 15.0 Å².